The predicted octanol–water partition coefficient (Wildman–Crippen LogP) is 2.03. The maximum absolute atomic E-state index is 12.8. The third-order valence-corrected chi connectivity index (χ3v) is 2.75. The number of ether oxygens (including phenoxy) is 1. The fourth-order valence-electron chi connectivity index (χ4n) is 1.61. The number of ketones is 1. The van der Waals surface area contributed by atoms with Crippen molar-refractivity contribution in [2.45, 2.75) is 25.1 Å². The molecule has 1 atom stereocenters. The molecule has 0 saturated carbocycles. The summed E-state index contributed by atoms with van der Waals surface area (Å²) in [6.45, 7) is 1.66. The van der Waals surface area contributed by atoms with Crippen LogP contribution in [0.25, 0.3) is 0 Å². The van der Waals surface area contributed by atoms with Crippen molar-refractivity contribution < 1.29 is 32.6 Å². The second kappa shape index (κ2) is 5.62. The van der Waals surface area contributed by atoms with Crippen molar-refractivity contribution in [3.8, 4) is 0 Å². The molecule has 0 amide bonds. The first kappa shape index (κ1) is 16.2. The number of aryl methyl sites for hydroxylation is 1. The maximum Gasteiger partial charge on any atom is 0.428 e. The van der Waals surface area contributed by atoms with E-state index < -0.39 is 30.0 Å². The zero-order chi connectivity index (χ0) is 15.6. The maximum atomic E-state index is 12.8. The number of aliphatic hydroxyl groups is 1. The molecule has 0 fully saturated rings. The number of halogens is 3. The second-order valence-electron chi connectivity index (χ2n) is 4.32. The van der Waals surface area contributed by atoms with Gasteiger partial charge >= 0.3 is 12.1 Å². The Kier molecular flexibility index (Phi) is 4.54. The zero-order valence-corrected chi connectivity index (χ0v) is 10.8. The van der Waals surface area contributed by atoms with E-state index in [0.29, 0.717) is 12.7 Å². The number of alkyl halides is 3. The van der Waals surface area contributed by atoms with E-state index >= 15 is 0 Å². The van der Waals surface area contributed by atoms with Gasteiger partial charge in [0, 0.05) is 5.56 Å². The summed E-state index contributed by atoms with van der Waals surface area (Å²) in [5.74, 6) is -2.91. The van der Waals surface area contributed by atoms with Gasteiger partial charge in [0.2, 0.25) is 0 Å². The highest BCUT2D eigenvalue weighted by molar-refractivity contribution is 6.00. The topological polar surface area (TPSA) is 63.6 Å². The van der Waals surface area contributed by atoms with Crippen LogP contribution in [0.4, 0.5) is 13.2 Å². The van der Waals surface area contributed by atoms with E-state index in [4.69, 9.17) is 0 Å². The van der Waals surface area contributed by atoms with Crippen LogP contribution in [-0.2, 0) is 9.53 Å². The highest BCUT2D eigenvalue weighted by Crippen LogP contribution is 2.35. The Morgan fingerprint density at radius 2 is 1.90 bits per heavy atom. The Labute approximate surface area is 113 Å². The molecular formula is C13H13F3O4. The van der Waals surface area contributed by atoms with Crippen molar-refractivity contribution >= 4 is 11.8 Å². The van der Waals surface area contributed by atoms with Crippen molar-refractivity contribution in [2.75, 3.05) is 7.11 Å². The highest BCUT2D eigenvalue weighted by atomic mass is 19.4. The standard InChI is InChI=1S/C13H13F3O4/c1-8-4-3-5-9(6-8)10(17)7-12(19,11(18)20-2)13(14,15)16/h3-6,19H,7H2,1-2H3/t12-/m1/s1. The second-order valence-corrected chi connectivity index (χ2v) is 4.32. The third-order valence-electron chi connectivity index (χ3n) is 2.75. The van der Waals surface area contributed by atoms with Crippen molar-refractivity contribution in [1.29, 1.82) is 0 Å². The lowest BCUT2D eigenvalue weighted by molar-refractivity contribution is -0.260. The van der Waals surface area contributed by atoms with Crippen molar-refractivity contribution in [3.05, 3.63) is 35.4 Å². The molecule has 0 unspecified atom stereocenters. The molecule has 0 aliphatic rings. The van der Waals surface area contributed by atoms with E-state index in [9.17, 15) is 27.9 Å². The molecule has 1 N–H and O–H groups in total. The highest BCUT2D eigenvalue weighted by Gasteiger charge is 2.61. The fourth-order valence-corrected chi connectivity index (χ4v) is 1.61. The number of carbonyl (C=O) groups excluding carboxylic acids is 2. The number of hydrogen-bond acceptors (Lipinski definition) is 4. The SMILES string of the molecule is COC(=O)[C@](O)(CC(=O)c1cccc(C)c1)C(F)(F)F. The summed E-state index contributed by atoms with van der Waals surface area (Å²) < 4.78 is 42.3. The monoisotopic (exact) mass is 290 g/mol. The van der Waals surface area contributed by atoms with Gasteiger partial charge in [0.15, 0.2) is 5.78 Å². The fraction of sp³-hybridized carbons (Fsp3) is 0.385. The lowest BCUT2D eigenvalue weighted by Gasteiger charge is -2.26. The normalized spacial score (nSPS) is 14.5. The number of carbonyl (C=O) groups is 2. The first-order chi connectivity index (χ1) is 9.11. The zero-order valence-electron chi connectivity index (χ0n) is 10.8. The van der Waals surface area contributed by atoms with Crippen LogP contribution < -0.4 is 0 Å². The number of hydrogen-bond donors (Lipinski definition) is 1. The van der Waals surface area contributed by atoms with Crippen molar-refractivity contribution in [1.82, 2.24) is 0 Å². The summed E-state index contributed by atoms with van der Waals surface area (Å²) in [4.78, 5) is 23.0. The Hall–Kier alpha value is -1.89. The summed E-state index contributed by atoms with van der Waals surface area (Å²) in [6, 6.07) is 5.83. The van der Waals surface area contributed by atoms with Gasteiger partial charge in [0.05, 0.1) is 13.5 Å². The van der Waals surface area contributed by atoms with E-state index in [1.165, 1.54) is 18.2 Å². The van der Waals surface area contributed by atoms with Crippen LogP contribution in [0.2, 0.25) is 0 Å². The Morgan fingerprint density at radius 3 is 2.35 bits per heavy atom. The van der Waals surface area contributed by atoms with E-state index in [-0.39, 0.29) is 5.56 Å². The first-order valence-corrected chi connectivity index (χ1v) is 5.59. The van der Waals surface area contributed by atoms with Gasteiger partial charge in [-0.1, -0.05) is 23.8 Å². The minimum Gasteiger partial charge on any atom is -0.467 e. The molecule has 110 valence electrons. The third kappa shape index (κ3) is 3.16. The van der Waals surface area contributed by atoms with E-state index in [0.717, 1.165) is 0 Å². The minimum atomic E-state index is -5.31. The minimum absolute atomic E-state index is 0.0171. The Bertz CT molecular complexity index is 525. The lowest BCUT2D eigenvalue weighted by atomic mass is 9.92. The van der Waals surface area contributed by atoms with Gasteiger partial charge in [0.1, 0.15) is 0 Å². The van der Waals surface area contributed by atoms with E-state index in [2.05, 4.69) is 4.74 Å². The molecule has 1 aromatic carbocycles. The van der Waals surface area contributed by atoms with Gasteiger partial charge < -0.3 is 9.84 Å². The Morgan fingerprint density at radius 1 is 1.30 bits per heavy atom. The molecule has 0 bridgehead atoms. The number of rotatable bonds is 4. The summed E-state index contributed by atoms with van der Waals surface area (Å²) in [6.07, 6.45) is -6.73. The molecule has 0 radical (unpaired) electrons. The molecule has 4 nitrogen and oxygen atoms in total. The quantitative estimate of drug-likeness (QED) is 0.681. The molecular weight excluding hydrogens is 277 g/mol. The molecule has 0 aliphatic heterocycles. The van der Waals surface area contributed by atoms with Crippen molar-refractivity contribution in [3.63, 3.8) is 0 Å². The van der Waals surface area contributed by atoms with Crippen LogP contribution in [-0.4, -0.2) is 35.7 Å². The molecule has 1 rings (SSSR count). The van der Waals surface area contributed by atoms with Gasteiger partial charge in [-0.05, 0) is 13.0 Å². The number of benzene rings is 1. The molecule has 0 spiro atoms. The van der Waals surface area contributed by atoms with Crippen molar-refractivity contribution in [2.24, 2.45) is 0 Å². The lowest BCUT2D eigenvalue weighted by Crippen LogP contribution is -2.54. The Balaban J connectivity index is 3.09. The smallest absolute Gasteiger partial charge is 0.428 e. The van der Waals surface area contributed by atoms with Gasteiger partial charge in [-0.25, -0.2) is 4.79 Å². The predicted molar refractivity (Wildman–Crippen MR) is 63.1 cm³/mol. The molecule has 0 saturated heterocycles. The van der Waals surface area contributed by atoms with Crippen LogP contribution in [0.15, 0.2) is 24.3 Å². The average Bonchev–Trinajstić information content (AvgIpc) is 2.36. The number of methoxy groups -OCH3 is 1. The molecule has 0 heterocycles. The number of esters is 1. The molecule has 0 aliphatic carbocycles. The van der Waals surface area contributed by atoms with Crippen LogP contribution in [0.5, 0.6) is 0 Å². The molecule has 1 aromatic rings. The summed E-state index contributed by atoms with van der Waals surface area (Å²) in [5, 5.41) is 9.50. The molecule has 0 aromatic heterocycles. The molecule has 20 heavy (non-hydrogen) atoms. The summed E-state index contributed by atoms with van der Waals surface area (Å²) in [7, 11) is 0.705. The van der Waals surface area contributed by atoms with Gasteiger partial charge in [-0.3, -0.25) is 4.79 Å². The van der Waals surface area contributed by atoms with Gasteiger partial charge in [-0.2, -0.15) is 13.2 Å². The van der Waals surface area contributed by atoms with Crippen LogP contribution >= 0.6 is 0 Å². The van der Waals surface area contributed by atoms with E-state index in [1.54, 1.807) is 13.0 Å². The van der Waals surface area contributed by atoms with Crippen LogP contribution in [0, 0.1) is 6.92 Å². The summed E-state index contributed by atoms with van der Waals surface area (Å²) in [5.41, 5.74) is -3.19. The van der Waals surface area contributed by atoms with Gasteiger partial charge in [-0.15, -0.1) is 0 Å². The first-order valence-electron chi connectivity index (χ1n) is 5.59. The average molecular weight is 290 g/mol. The largest absolute Gasteiger partial charge is 0.467 e. The summed E-state index contributed by atoms with van der Waals surface area (Å²) >= 11 is 0. The van der Waals surface area contributed by atoms with Crippen LogP contribution in [0.3, 0.4) is 0 Å². The number of Topliss-reactive ketones (excluding diaryl/α,β-unsaturated/α-hetero) is 1. The van der Waals surface area contributed by atoms with E-state index in [1.807, 2.05) is 0 Å². The molecule has 7 heteroatoms. The van der Waals surface area contributed by atoms with Gasteiger partial charge in [0.25, 0.3) is 5.60 Å². The van der Waals surface area contributed by atoms with Crippen LogP contribution in [0.1, 0.15) is 22.3 Å².